The van der Waals surface area contributed by atoms with E-state index in [1.807, 2.05) is 41.3 Å². The number of halogens is 2. The second-order valence-electron chi connectivity index (χ2n) is 7.15. The van der Waals surface area contributed by atoms with Crippen LogP contribution in [0.3, 0.4) is 0 Å². The van der Waals surface area contributed by atoms with Gasteiger partial charge in [-0.15, -0.1) is 11.8 Å². The molecule has 0 saturated carbocycles. The normalized spacial score (nSPS) is 15.9. The topological polar surface area (TPSA) is 49.4 Å². The van der Waals surface area contributed by atoms with Crippen molar-refractivity contribution in [2.45, 2.75) is 18.7 Å². The number of benzene rings is 3. The summed E-state index contributed by atoms with van der Waals surface area (Å²) < 4.78 is 0. The summed E-state index contributed by atoms with van der Waals surface area (Å²) in [5, 5.41) is 3.52. The van der Waals surface area contributed by atoms with E-state index in [9.17, 15) is 9.59 Å². The Bertz CT molecular complexity index is 1120. The van der Waals surface area contributed by atoms with E-state index in [2.05, 4.69) is 24.4 Å². The third-order valence-electron chi connectivity index (χ3n) is 5.12. The number of amides is 2. The minimum atomic E-state index is -0.308. The summed E-state index contributed by atoms with van der Waals surface area (Å²) in [4.78, 5) is 26.9. The van der Waals surface area contributed by atoms with Crippen molar-refractivity contribution in [1.29, 1.82) is 0 Å². The molecule has 0 spiro atoms. The lowest BCUT2D eigenvalue weighted by Crippen LogP contribution is -2.27. The van der Waals surface area contributed by atoms with Crippen molar-refractivity contribution in [3.8, 4) is 0 Å². The second-order valence-corrected chi connectivity index (χ2v) is 9.06. The maximum atomic E-state index is 12.6. The Kier molecular flexibility index (Phi) is 6.56. The first-order valence-electron chi connectivity index (χ1n) is 9.85. The highest BCUT2D eigenvalue weighted by molar-refractivity contribution is 8.00. The summed E-state index contributed by atoms with van der Waals surface area (Å²) in [6, 6.07) is 20.4. The van der Waals surface area contributed by atoms with Gasteiger partial charge in [0.05, 0.1) is 16.3 Å². The highest BCUT2D eigenvalue weighted by Crippen LogP contribution is 2.42. The molecule has 0 aliphatic carbocycles. The highest BCUT2D eigenvalue weighted by Gasteiger charge is 2.34. The van der Waals surface area contributed by atoms with Crippen molar-refractivity contribution in [3.63, 3.8) is 0 Å². The van der Waals surface area contributed by atoms with Crippen LogP contribution in [0.1, 0.15) is 33.8 Å². The summed E-state index contributed by atoms with van der Waals surface area (Å²) in [5.41, 5.74) is 4.13. The number of hydrogen-bond acceptors (Lipinski definition) is 3. The number of nitrogens with zero attached hydrogens (tertiary/aromatic N) is 1. The molecule has 4 rings (SSSR count). The zero-order valence-electron chi connectivity index (χ0n) is 16.8. The third-order valence-corrected chi connectivity index (χ3v) is 6.88. The van der Waals surface area contributed by atoms with Crippen LogP contribution in [0.4, 0.5) is 11.4 Å². The summed E-state index contributed by atoms with van der Waals surface area (Å²) in [6.07, 6.45) is 0.959. The Morgan fingerprint density at radius 1 is 1.06 bits per heavy atom. The standard InChI is InChI=1S/C24H20Cl2N2O2S/c1-2-15-3-10-19(11-4-15)28-22(29)14-31-24(28)16-5-8-18(9-6-16)27-23(30)20-12-7-17(25)13-21(20)26/h3-13,24H,2,14H2,1H3,(H,27,30)/t24-/m1/s1. The molecule has 4 nitrogen and oxygen atoms in total. The Morgan fingerprint density at radius 2 is 1.77 bits per heavy atom. The van der Waals surface area contributed by atoms with Gasteiger partial charge in [0.1, 0.15) is 5.37 Å². The van der Waals surface area contributed by atoms with Crippen LogP contribution in [0.2, 0.25) is 10.0 Å². The maximum Gasteiger partial charge on any atom is 0.257 e. The predicted molar refractivity (Wildman–Crippen MR) is 129 cm³/mol. The largest absolute Gasteiger partial charge is 0.322 e. The van der Waals surface area contributed by atoms with E-state index in [0.29, 0.717) is 27.0 Å². The molecule has 1 aliphatic heterocycles. The molecule has 1 N–H and O–H groups in total. The molecular weight excluding hydrogens is 451 g/mol. The third kappa shape index (κ3) is 4.74. The molecule has 7 heteroatoms. The van der Waals surface area contributed by atoms with E-state index in [4.69, 9.17) is 23.2 Å². The molecule has 1 saturated heterocycles. The van der Waals surface area contributed by atoms with Gasteiger partial charge < -0.3 is 5.32 Å². The Morgan fingerprint density at radius 3 is 2.42 bits per heavy atom. The van der Waals surface area contributed by atoms with Crippen LogP contribution in [0.25, 0.3) is 0 Å². The van der Waals surface area contributed by atoms with E-state index in [1.165, 1.54) is 11.6 Å². The summed E-state index contributed by atoms with van der Waals surface area (Å²) >= 11 is 13.6. The Balaban J connectivity index is 1.51. The zero-order valence-corrected chi connectivity index (χ0v) is 19.1. The maximum absolute atomic E-state index is 12.6. The van der Waals surface area contributed by atoms with Crippen molar-refractivity contribution in [2.24, 2.45) is 0 Å². The van der Waals surface area contributed by atoms with E-state index in [1.54, 1.807) is 23.9 Å². The first-order chi connectivity index (χ1) is 15.0. The van der Waals surface area contributed by atoms with Gasteiger partial charge in [0.25, 0.3) is 5.91 Å². The number of carbonyl (C=O) groups is 2. The predicted octanol–water partition coefficient (Wildman–Crippen LogP) is 6.59. The van der Waals surface area contributed by atoms with Gasteiger partial charge in [0, 0.05) is 16.4 Å². The number of rotatable bonds is 5. The molecule has 2 amide bonds. The molecule has 0 unspecified atom stereocenters. The molecule has 0 aromatic heterocycles. The fraction of sp³-hybridized carbons (Fsp3) is 0.167. The first-order valence-corrected chi connectivity index (χ1v) is 11.7. The van der Waals surface area contributed by atoms with Gasteiger partial charge in [0.15, 0.2) is 0 Å². The lowest BCUT2D eigenvalue weighted by Gasteiger charge is -2.24. The van der Waals surface area contributed by atoms with Gasteiger partial charge in [0.2, 0.25) is 5.91 Å². The van der Waals surface area contributed by atoms with E-state index < -0.39 is 0 Å². The molecule has 0 radical (unpaired) electrons. The highest BCUT2D eigenvalue weighted by atomic mass is 35.5. The van der Waals surface area contributed by atoms with E-state index in [-0.39, 0.29) is 17.2 Å². The SMILES string of the molecule is CCc1ccc(N2C(=O)CS[C@@H]2c2ccc(NC(=O)c3ccc(Cl)cc3Cl)cc2)cc1. The molecule has 1 heterocycles. The number of aryl methyl sites for hydroxylation is 1. The zero-order chi connectivity index (χ0) is 22.0. The number of nitrogens with one attached hydrogen (secondary N) is 1. The van der Waals surface area contributed by atoms with Gasteiger partial charge in [-0.2, -0.15) is 0 Å². The summed E-state index contributed by atoms with van der Waals surface area (Å²) in [5.74, 6) is 0.222. The number of carbonyl (C=O) groups excluding carboxylic acids is 2. The molecule has 1 atom stereocenters. The van der Waals surface area contributed by atoms with Crippen LogP contribution in [0, 0.1) is 0 Å². The average molecular weight is 471 g/mol. The first kappa shape index (κ1) is 21.8. The van der Waals surface area contributed by atoms with Crippen molar-refractivity contribution >= 4 is 58.2 Å². The van der Waals surface area contributed by atoms with Gasteiger partial charge in [-0.25, -0.2) is 0 Å². The Labute approximate surface area is 195 Å². The molecule has 3 aromatic rings. The fourth-order valence-electron chi connectivity index (χ4n) is 3.45. The quantitative estimate of drug-likeness (QED) is 0.457. The van der Waals surface area contributed by atoms with Gasteiger partial charge in [-0.3, -0.25) is 14.5 Å². The van der Waals surface area contributed by atoms with Crippen molar-refractivity contribution in [1.82, 2.24) is 0 Å². The van der Waals surface area contributed by atoms with Crippen molar-refractivity contribution in [2.75, 3.05) is 16.0 Å². The van der Waals surface area contributed by atoms with Crippen LogP contribution in [-0.4, -0.2) is 17.6 Å². The number of hydrogen-bond donors (Lipinski definition) is 1. The number of thioether (sulfide) groups is 1. The fourth-order valence-corrected chi connectivity index (χ4v) is 5.12. The minimum absolute atomic E-state index is 0.0917. The van der Waals surface area contributed by atoms with E-state index in [0.717, 1.165) is 17.7 Å². The molecule has 1 aliphatic rings. The van der Waals surface area contributed by atoms with Crippen molar-refractivity contribution in [3.05, 3.63) is 93.5 Å². The molecule has 0 bridgehead atoms. The lowest BCUT2D eigenvalue weighted by atomic mass is 10.1. The number of anilines is 2. The summed E-state index contributed by atoms with van der Waals surface area (Å²) in [6.45, 7) is 2.11. The van der Waals surface area contributed by atoms with Gasteiger partial charge >= 0.3 is 0 Å². The smallest absolute Gasteiger partial charge is 0.257 e. The molecule has 158 valence electrons. The Hall–Kier alpha value is -2.47. The lowest BCUT2D eigenvalue weighted by molar-refractivity contribution is -0.115. The van der Waals surface area contributed by atoms with Gasteiger partial charge in [-0.1, -0.05) is 54.4 Å². The average Bonchev–Trinajstić information content (AvgIpc) is 3.15. The van der Waals surface area contributed by atoms with Crippen LogP contribution in [-0.2, 0) is 11.2 Å². The monoisotopic (exact) mass is 470 g/mol. The summed E-state index contributed by atoms with van der Waals surface area (Å²) in [7, 11) is 0. The molecular formula is C24H20Cl2N2O2S. The molecule has 31 heavy (non-hydrogen) atoms. The second kappa shape index (κ2) is 9.35. The van der Waals surface area contributed by atoms with Crippen molar-refractivity contribution < 1.29 is 9.59 Å². The minimum Gasteiger partial charge on any atom is -0.322 e. The molecule has 3 aromatic carbocycles. The van der Waals surface area contributed by atoms with Crippen LogP contribution >= 0.6 is 35.0 Å². The molecule has 1 fully saturated rings. The van der Waals surface area contributed by atoms with Crippen LogP contribution < -0.4 is 10.2 Å². The van der Waals surface area contributed by atoms with Crippen LogP contribution in [0.5, 0.6) is 0 Å². The van der Waals surface area contributed by atoms with Crippen LogP contribution in [0.15, 0.2) is 66.7 Å². The van der Waals surface area contributed by atoms with Gasteiger partial charge in [-0.05, 0) is 60.0 Å². The van der Waals surface area contributed by atoms with E-state index >= 15 is 0 Å².